The van der Waals surface area contributed by atoms with Crippen LogP contribution in [0.25, 0.3) is 0 Å². The predicted molar refractivity (Wildman–Crippen MR) is 108 cm³/mol. The van der Waals surface area contributed by atoms with Crippen LogP contribution in [0.2, 0.25) is 0 Å². The number of aliphatic carboxylic acids is 1. The monoisotopic (exact) mass is 403 g/mol. The first kappa shape index (κ1) is 21.1. The van der Waals surface area contributed by atoms with Crippen LogP contribution in [0.5, 0.6) is 0 Å². The van der Waals surface area contributed by atoms with Gasteiger partial charge in [0, 0.05) is 30.9 Å². The number of hydrogen-bond donors (Lipinski definition) is 2. The summed E-state index contributed by atoms with van der Waals surface area (Å²) in [5.74, 6) is -1.82. The van der Waals surface area contributed by atoms with Crippen LogP contribution in [-0.4, -0.2) is 72.7 Å². The molecule has 2 amide bonds. The molecular formula is C21H29N3O5. The minimum Gasteiger partial charge on any atom is -0.480 e. The van der Waals surface area contributed by atoms with E-state index in [1.165, 1.54) is 4.90 Å². The number of ether oxygens (including phenoxy) is 1. The van der Waals surface area contributed by atoms with Crippen LogP contribution in [0.4, 0.5) is 5.69 Å². The zero-order valence-electron chi connectivity index (χ0n) is 17.0. The van der Waals surface area contributed by atoms with Gasteiger partial charge in [-0.15, -0.1) is 0 Å². The molecule has 0 aromatic heterocycles. The van der Waals surface area contributed by atoms with Gasteiger partial charge >= 0.3 is 5.97 Å². The van der Waals surface area contributed by atoms with E-state index in [1.54, 1.807) is 12.1 Å². The molecule has 2 N–H and O–H groups in total. The molecule has 0 saturated carbocycles. The Bertz CT molecular complexity index is 743. The molecule has 8 heteroatoms. The number of likely N-dealkylation sites (tertiary alicyclic amines) is 1. The van der Waals surface area contributed by atoms with Crippen LogP contribution in [0.1, 0.15) is 37.0 Å². The second-order valence-corrected chi connectivity index (χ2v) is 7.87. The van der Waals surface area contributed by atoms with Crippen LogP contribution < -0.4 is 10.2 Å². The Morgan fingerprint density at radius 1 is 1.10 bits per heavy atom. The van der Waals surface area contributed by atoms with Crippen LogP contribution in [0, 0.1) is 5.92 Å². The number of carboxylic acid groups (broad SMARTS) is 1. The van der Waals surface area contributed by atoms with Gasteiger partial charge in [0.1, 0.15) is 12.1 Å². The molecule has 2 aliphatic rings. The van der Waals surface area contributed by atoms with Crippen molar-refractivity contribution in [3.63, 3.8) is 0 Å². The maximum atomic E-state index is 13.0. The van der Waals surface area contributed by atoms with Gasteiger partial charge in [-0.2, -0.15) is 0 Å². The Morgan fingerprint density at radius 2 is 1.76 bits per heavy atom. The summed E-state index contributed by atoms with van der Waals surface area (Å²) in [6.45, 7) is 7.10. The molecule has 2 heterocycles. The lowest BCUT2D eigenvalue weighted by molar-refractivity contribution is -0.149. The van der Waals surface area contributed by atoms with Crippen molar-refractivity contribution in [1.82, 2.24) is 10.2 Å². The van der Waals surface area contributed by atoms with Crippen molar-refractivity contribution in [1.29, 1.82) is 0 Å². The van der Waals surface area contributed by atoms with Crippen molar-refractivity contribution >= 4 is 23.5 Å². The van der Waals surface area contributed by atoms with Gasteiger partial charge in [-0.05, 0) is 43.0 Å². The van der Waals surface area contributed by atoms with Gasteiger partial charge in [-0.25, -0.2) is 4.79 Å². The van der Waals surface area contributed by atoms with Crippen molar-refractivity contribution < 1.29 is 24.2 Å². The number of rotatable bonds is 6. The summed E-state index contributed by atoms with van der Waals surface area (Å²) in [6.07, 6.45) is 1.10. The first-order valence-corrected chi connectivity index (χ1v) is 10.2. The van der Waals surface area contributed by atoms with Crippen molar-refractivity contribution in [3.05, 3.63) is 29.8 Å². The molecule has 0 bridgehead atoms. The third kappa shape index (κ3) is 4.87. The highest BCUT2D eigenvalue weighted by atomic mass is 16.5. The van der Waals surface area contributed by atoms with E-state index in [9.17, 15) is 19.5 Å². The summed E-state index contributed by atoms with van der Waals surface area (Å²) in [6, 6.07) is 5.71. The van der Waals surface area contributed by atoms with Crippen molar-refractivity contribution in [2.24, 2.45) is 5.92 Å². The fourth-order valence-corrected chi connectivity index (χ4v) is 3.85. The topological polar surface area (TPSA) is 99.2 Å². The second kappa shape index (κ2) is 9.26. The fraction of sp³-hybridized carbons (Fsp3) is 0.571. The highest BCUT2D eigenvalue weighted by Crippen LogP contribution is 2.21. The molecule has 3 rings (SSSR count). The zero-order chi connectivity index (χ0) is 21.0. The number of hydrogen-bond acceptors (Lipinski definition) is 5. The standard InChI is InChI=1S/C21H29N3O5/c1-14(2)18(20(26)24-9-3-4-17(24)21(27)28)22-19(25)15-5-7-16(8-6-15)23-10-12-29-13-11-23/h5-8,14,17-18H,3-4,9-13H2,1-2H3,(H,22,25)(H,27,28)/t17-,18?/m0/s1. The maximum absolute atomic E-state index is 13.0. The van der Waals surface area contributed by atoms with Crippen LogP contribution in [-0.2, 0) is 14.3 Å². The number of morpholine rings is 1. The minimum absolute atomic E-state index is 0.158. The number of nitrogens with zero attached hydrogens (tertiary/aromatic N) is 2. The molecule has 1 aromatic carbocycles. The van der Waals surface area contributed by atoms with Gasteiger partial charge in [0.25, 0.3) is 5.91 Å². The predicted octanol–water partition coefficient (Wildman–Crippen LogP) is 1.35. The summed E-state index contributed by atoms with van der Waals surface area (Å²) < 4.78 is 5.36. The van der Waals surface area contributed by atoms with Gasteiger partial charge < -0.3 is 25.0 Å². The molecule has 2 fully saturated rings. The maximum Gasteiger partial charge on any atom is 0.326 e. The average molecular weight is 403 g/mol. The number of benzene rings is 1. The van der Waals surface area contributed by atoms with Gasteiger partial charge in [0.2, 0.25) is 5.91 Å². The first-order valence-electron chi connectivity index (χ1n) is 10.2. The minimum atomic E-state index is -0.997. The molecule has 8 nitrogen and oxygen atoms in total. The van der Waals surface area contributed by atoms with E-state index >= 15 is 0 Å². The van der Waals surface area contributed by atoms with E-state index < -0.39 is 18.1 Å². The molecule has 0 radical (unpaired) electrons. The summed E-state index contributed by atoms with van der Waals surface area (Å²) in [4.78, 5) is 40.7. The summed E-state index contributed by atoms with van der Waals surface area (Å²) in [5, 5.41) is 12.2. The number of carbonyl (C=O) groups excluding carboxylic acids is 2. The highest BCUT2D eigenvalue weighted by Gasteiger charge is 2.38. The van der Waals surface area contributed by atoms with E-state index in [-0.39, 0.29) is 17.7 Å². The highest BCUT2D eigenvalue weighted by molar-refractivity contribution is 5.98. The quantitative estimate of drug-likeness (QED) is 0.744. The first-order chi connectivity index (χ1) is 13.9. The number of anilines is 1. The average Bonchev–Trinajstić information content (AvgIpc) is 3.22. The van der Waals surface area contributed by atoms with Gasteiger partial charge in [0.15, 0.2) is 0 Å². The van der Waals surface area contributed by atoms with E-state index in [0.29, 0.717) is 38.2 Å². The van der Waals surface area contributed by atoms with Crippen LogP contribution in [0.3, 0.4) is 0 Å². The van der Waals surface area contributed by atoms with E-state index in [2.05, 4.69) is 10.2 Å². The number of amides is 2. The Balaban J connectivity index is 1.67. The largest absolute Gasteiger partial charge is 0.480 e. The summed E-state index contributed by atoms with van der Waals surface area (Å²) in [5.41, 5.74) is 1.50. The zero-order valence-corrected chi connectivity index (χ0v) is 17.0. The van der Waals surface area contributed by atoms with Crippen molar-refractivity contribution in [3.8, 4) is 0 Å². The molecule has 2 aliphatic heterocycles. The number of carboxylic acids is 1. The Kier molecular flexibility index (Phi) is 6.74. The molecule has 1 unspecified atom stereocenters. The Hall–Kier alpha value is -2.61. The van der Waals surface area contributed by atoms with E-state index in [0.717, 1.165) is 18.8 Å². The molecular weight excluding hydrogens is 374 g/mol. The van der Waals surface area contributed by atoms with Crippen molar-refractivity contribution in [2.75, 3.05) is 37.7 Å². The van der Waals surface area contributed by atoms with Gasteiger partial charge in [-0.1, -0.05) is 13.8 Å². The molecule has 1 aromatic rings. The lowest BCUT2D eigenvalue weighted by Crippen LogP contribution is -2.53. The molecule has 2 saturated heterocycles. The van der Waals surface area contributed by atoms with E-state index in [4.69, 9.17) is 4.74 Å². The second-order valence-electron chi connectivity index (χ2n) is 7.87. The smallest absolute Gasteiger partial charge is 0.326 e. The Morgan fingerprint density at radius 3 is 2.34 bits per heavy atom. The summed E-state index contributed by atoms with van der Waals surface area (Å²) >= 11 is 0. The molecule has 158 valence electrons. The summed E-state index contributed by atoms with van der Waals surface area (Å²) in [7, 11) is 0. The lowest BCUT2D eigenvalue weighted by atomic mass is 10.0. The SMILES string of the molecule is CC(C)C(NC(=O)c1ccc(N2CCOCC2)cc1)C(=O)N1CCC[C@H]1C(=O)O. The van der Waals surface area contributed by atoms with Gasteiger partial charge in [0.05, 0.1) is 13.2 Å². The lowest BCUT2D eigenvalue weighted by Gasteiger charge is -2.30. The molecule has 2 atom stereocenters. The van der Waals surface area contributed by atoms with Crippen LogP contribution in [0.15, 0.2) is 24.3 Å². The molecule has 0 spiro atoms. The number of nitrogens with one attached hydrogen (secondary N) is 1. The fourth-order valence-electron chi connectivity index (χ4n) is 3.85. The third-order valence-electron chi connectivity index (χ3n) is 5.55. The molecule has 0 aliphatic carbocycles. The number of carbonyl (C=O) groups is 3. The molecule has 29 heavy (non-hydrogen) atoms. The van der Waals surface area contributed by atoms with E-state index in [1.807, 2.05) is 26.0 Å². The van der Waals surface area contributed by atoms with Gasteiger partial charge in [-0.3, -0.25) is 9.59 Å². The Labute approximate surface area is 170 Å². The normalized spacial score (nSPS) is 20.6. The van der Waals surface area contributed by atoms with Crippen molar-refractivity contribution in [2.45, 2.75) is 38.8 Å². The third-order valence-corrected chi connectivity index (χ3v) is 5.55. The van der Waals surface area contributed by atoms with Crippen LogP contribution >= 0.6 is 0 Å².